The van der Waals surface area contributed by atoms with E-state index < -0.39 is 24.1 Å². The lowest BCUT2D eigenvalue weighted by atomic mass is 9.77. The third-order valence-electron chi connectivity index (χ3n) is 6.47. The molecule has 1 aromatic carbocycles. The molecular formula is C21H25BClFN4O2. The van der Waals surface area contributed by atoms with Crippen molar-refractivity contribution in [3.8, 4) is 17.3 Å². The molecule has 2 aliphatic heterocycles. The second kappa shape index (κ2) is 7.26. The van der Waals surface area contributed by atoms with Crippen LogP contribution in [0, 0.1) is 17.1 Å². The van der Waals surface area contributed by atoms with Gasteiger partial charge in [-0.25, -0.2) is 4.39 Å². The van der Waals surface area contributed by atoms with Crippen LogP contribution in [0.3, 0.4) is 0 Å². The summed E-state index contributed by atoms with van der Waals surface area (Å²) in [5.74, 6) is -0.641. The highest BCUT2D eigenvalue weighted by Gasteiger charge is 2.53. The number of benzene rings is 1. The van der Waals surface area contributed by atoms with Gasteiger partial charge >= 0.3 is 7.12 Å². The maximum Gasteiger partial charge on any atom is 0.498 e. The lowest BCUT2D eigenvalue weighted by Gasteiger charge is -2.32. The van der Waals surface area contributed by atoms with E-state index in [1.165, 1.54) is 0 Å². The van der Waals surface area contributed by atoms with Gasteiger partial charge in [0.25, 0.3) is 0 Å². The van der Waals surface area contributed by atoms with Gasteiger partial charge in [0.2, 0.25) is 0 Å². The third kappa shape index (κ3) is 3.20. The van der Waals surface area contributed by atoms with E-state index >= 15 is 4.39 Å². The zero-order valence-electron chi connectivity index (χ0n) is 17.9. The first-order chi connectivity index (χ1) is 14.1. The minimum atomic E-state index is -0.737. The molecule has 1 aromatic heterocycles. The summed E-state index contributed by atoms with van der Waals surface area (Å²) in [7, 11) is 0.972. The summed E-state index contributed by atoms with van der Waals surface area (Å²) < 4.78 is 29.3. The van der Waals surface area contributed by atoms with Gasteiger partial charge in [-0.15, -0.1) is 0 Å². The Bertz CT molecular complexity index is 1020. The minimum absolute atomic E-state index is 0.0213. The number of anilines is 1. The third-order valence-corrected chi connectivity index (χ3v) is 6.74. The van der Waals surface area contributed by atoms with Crippen LogP contribution in [0.1, 0.15) is 46.1 Å². The number of hydrogen-bond acceptors (Lipinski definition) is 5. The molecule has 4 rings (SSSR count). The van der Waals surface area contributed by atoms with Gasteiger partial charge < -0.3 is 14.2 Å². The number of nitrogens with zero attached hydrogens (tertiary/aromatic N) is 4. The van der Waals surface area contributed by atoms with Gasteiger partial charge in [-0.1, -0.05) is 11.6 Å². The molecule has 2 aliphatic rings. The van der Waals surface area contributed by atoms with Gasteiger partial charge in [-0.3, -0.25) is 4.68 Å². The van der Waals surface area contributed by atoms with Crippen LogP contribution >= 0.6 is 11.6 Å². The first-order valence-corrected chi connectivity index (χ1v) is 10.5. The fourth-order valence-electron chi connectivity index (χ4n) is 4.06. The van der Waals surface area contributed by atoms with Gasteiger partial charge in [0.1, 0.15) is 6.07 Å². The molecule has 2 aromatic rings. The van der Waals surface area contributed by atoms with Crippen LogP contribution in [0.5, 0.6) is 0 Å². The van der Waals surface area contributed by atoms with Crippen molar-refractivity contribution in [3.63, 3.8) is 0 Å². The second-order valence-corrected chi connectivity index (χ2v) is 9.32. The quantitative estimate of drug-likeness (QED) is 0.696. The van der Waals surface area contributed by atoms with Gasteiger partial charge in [-0.05, 0) is 46.6 Å². The van der Waals surface area contributed by atoms with Crippen LogP contribution in [0.4, 0.5) is 10.1 Å². The van der Waals surface area contributed by atoms with Gasteiger partial charge in [0.15, 0.2) is 5.82 Å². The molecular weight excluding hydrogens is 406 g/mol. The van der Waals surface area contributed by atoms with E-state index in [0.29, 0.717) is 16.8 Å². The average Bonchev–Trinajstić information content (AvgIpc) is 3.36. The predicted molar refractivity (Wildman–Crippen MR) is 115 cm³/mol. The van der Waals surface area contributed by atoms with E-state index in [4.69, 9.17) is 20.9 Å². The molecule has 6 nitrogen and oxygen atoms in total. The van der Waals surface area contributed by atoms with Crippen molar-refractivity contribution in [1.82, 2.24) is 9.78 Å². The van der Waals surface area contributed by atoms with Crippen LogP contribution in [-0.4, -0.2) is 41.2 Å². The Labute approximate surface area is 181 Å². The lowest BCUT2D eigenvalue weighted by Crippen LogP contribution is -2.41. The molecule has 2 fully saturated rings. The van der Waals surface area contributed by atoms with Crippen molar-refractivity contribution in [2.24, 2.45) is 7.05 Å². The van der Waals surface area contributed by atoms with Crippen LogP contribution in [0.15, 0.2) is 12.3 Å². The van der Waals surface area contributed by atoms with Crippen molar-refractivity contribution >= 4 is 29.9 Å². The predicted octanol–water partition coefficient (Wildman–Crippen LogP) is 3.65. The van der Waals surface area contributed by atoms with Crippen molar-refractivity contribution in [3.05, 3.63) is 28.7 Å². The Morgan fingerprint density at radius 3 is 2.37 bits per heavy atom. The summed E-state index contributed by atoms with van der Waals surface area (Å²) in [6.45, 7) is 9.44. The zero-order valence-corrected chi connectivity index (χ0v) is 18.7. The Balaban J connectivity index is 1.91. The standard InChI is InChI=1S/C21H25BClFN4O2/c1-20(2)21(3,4)30-22(29-20)14-12-26-27(5)19(14)17-13(11-25)16(10-15(23)18(17)24)28-8-6-7-9-28/h10,12H,6-9H2,1-5H3. The molecule has 9 heteroatoms. The van der Waals surface area contributed by atoms with E-state index in [1.54, 1.807) is 24.0 Å². The molecule has 158 valence electrons. The summed E-state index contributed by atoms with van der Waals surface area (Å²) in [6, 6.07) is 3.76. The Kier molecular flexibility index (Phi) is 5.12. The second-order valence-electron chi connectivity index (χ2n) is 8.91. The fraction of sp³-hybridized carbons (Fsp3) is 0.524. The molecule has 0 unspecified atom stereocenters. The van der Waals surface area contributed by atoms with Crippen LogP contribution in [0.25, 0.3) is 11.3 Å². The summed E-state index contributed by atoms with van der Waals surface area (Å²) in [4.78, 5) is 2.08. The minimum Gasteiger partial charge on any atom is -0.399 e. The molecule has 0 atom stereocenters. The molecule has 2 saturated heterocycles. The maximum atomic E-state index is 15.4. The lowest BCUT2D eigenvalue weighted by molar-refractivity contribution is 0.00578. The molecule has 0 saturated carbocycles. The normalized spacial score (nSPS) is 20.1. The smallest absolute Gasteiger partial charge is 0.399 e. The van der Waals surface area contributed by atoms with Crippen molar-refractivity contribution in [2.45, 2.75) is 51.7 Å². The Morgan fingerprint density at radius 2 is 1.80 bits per heavy atom. The Hall–Kier alpha value is -2.08. The van der Waals surface area contributed by atoms with E-state index in [-0.39, 0.29) is 16.1 Å². The summed E-state index contributed by atoms with van der Waals surface area (Å²) >= 11 is 6.29. The van der Waals surface area contributed by atoms with E-state index in [9.17, 15) is 5.26 Å². The summed E-state index contributed by atoms with van der Waals surface area (Å²) in [5, 5.41) is 14.3. The first kappa shape index (κ1) is 21.2. The molecule has 0 spiro atoms. The summed E-state index contributed by atoms with van der Waals surface area (Å²) in [5.41, 5.74) is 0.924. The van der Waals surface area contributed by atoms with E-state index in [0.717, 1.165) is 25.9 Å². The number of aromatic nitrogens is 2. The molecule has 0 aliphatic carbocycles. The van der Waals surface area contributed by atoms with Crippen LogP contribution in [-0.2, 0) is 16.4 Å². The number of rotatable bonds is 3. The molecule has 3 heterocycles. The van der Waals surface area contributed by atoms with E-state index in [1.807, 2.05) is 27.7 Å². The summed E-state index contributed by atoms with van der Waals surface area (Å²) in [6.07, 6.45) is 3.66. The topological polar surface area (TPSA) is 63.3 Å². The van der Waals surface area contributed by atoms with Gasteiger partial charge in [-0.2, -0.15) is 10.4 Å². The van der Waals surface area contributed by atoms with E-state index in [2.05, 4.69) is 16.1 Å². The fourth-order valence-corrected chi connectivity index (χ4v) is 4.26. The number of nitriles is 1. The maximum absolute atomic E-state index is 15.4. The molecule has 0 bridgehead atoms. The Morgan fingerprint density at radius 1 is 1.20 bits per heavy atom. The average molecular weight is 431 g/mol. The highest BCUT2D eigenvalue weighted by Crippen LogP contribution is 2.40. The van der Waals surface area contributed by atoms with Crippen molar-refractivity contribution < 1.29 is 13.7 Å². The monoisotopic (exact) mass is 430 g/mol. The van der Waals surface area contributed by atoms with Crippen LogP contribution in [0.2, 0.25) is 5.02 Å². The van der Waals surface area contributed by atoms with Gasteiger partial charge in [0, 0.05) is 31.8 Å². The number of aryl methyl sites for hydroxylation is 1. The SMILES string of the molecule is Cn1ncc(B2OC(C)(C)C(C)(C)O2)c1-c1c(F)c(Cl)cc(N2CCCC2)c1C#N. The molecule has 30 heavy (non-hydrogen) atoms. The van der Waals surface area contributed by atoms with Crippen LogP contribution < -0.4 is 10.4 Å². The number of halogens is 2. The van der Waals surface area contributed by atoms with Crippen molar-refractivity contribution in [2.75, 3.05) is 18.0 Å². The highest BCUT2D eigenvalue weighted by molar-refractivity contribution is 6.63. The molecule has 0 radical (unpaired) electrons. The highest BCUT2D eigenvalue weighted by atomic mass is 35.5. The first-order valence-electron chi connectivity index (χ1n) is 10.1. The largest absolute Gasteiger partial charge is 0.498 e. The molecule has 0 amide bonds. The van der Waals surface area contributed by atoms with Crippen molar-refractivity contribution in [1.29, 1.82) is 5.26 Å². The number of hydrogen-bond donors (Lipinski definition) is 0. The molecule has 0 N–H and O–H groups in total. The zero-order chi connectivity index (χ0) is 21.8. The van der Waals surface area contributed by atoms with Gasteiger partial charge in [0.05, 0.1) is 38.7 Å².